The van der Waals surface area contributed by atoms with Crippen LogP contribution in [0.5, 0.6) is 0 Å². The number of hydrogen-bond donors (Lipinski definition) is 1. The van der Waals surface area contributed by atoms with Crippen molar-refractivity contribution in [3.63, 3.8) is 0 Å². The van der Waals surface area contributed by atoms with Gasteiger partial charge in [-0.15, -0.1) is 0 Å². The first-order valence-corrected chi connectivity index (χ1v) is 7.30. The Morgan fingerprint density at radius 1 is 1.29 bits per heavy atom. The summed E-state index contributed by atoms with van der Waals surface area (Å²) in [5.74, 6) is 0. The summed E-state index contributed by atoms with van der Waals surface area (Å²) >= 11 is 0. The Kier molecular flexibility index (Phi) is 4.45. The Bertz CT molecular complexity index is 244. The Morgan fingerprint density at radius 3 is 2.82 bits per heavy atom. The van der Waals surface area contributed by atoms with E-state index in [9.17, 15) is 0 Å². The van der Waals surface area contributed by atoms with Gasteiger partial charge in [-0.05, 0) is 39.8 Å². The molecule has 2 heterocycles. The van der Waals surface area contributed by atoms with Crippen molar-refractivity contribution in [2.45, 2.75) is 51.1 Å². The fraction of sp³-hybridized carbons (Fsp3) is 1.00. The van der Waals surface area contributed by atoms with Crippen LogP contribution in [0.2, 0.25) is 0 Å². The van der Waals surface area contributed by atoms with Gasteiger partial charge in [0.25, 0.3) is 0 Å². The molecular weight excluding hydrogens is 210 g/mol. The second-order valence-corrected chi connectivity index (χ2v) is 6.21. The van der Waals surface area contributed by atoms with Gasteiger partial charge in [-0.2, -0.15) is 0 Å². The number of likely N-dealkylation sites (N-methyl/N-ethyl adjacent to an activating group) is 1. The molecule has 0 aliphatic carbocycles. The topological polar surface area (TPSA) is 18.5 Å². The minimum absolute atomic E-state index is 0.339. The maximum absolute atomic E-state index is 3.67. The summed E-state index contributed by atoms with van der Waals surface area (Å²) in [7, 11) is 2.30. The van der Waals surface area contributed by atoms with Crippen LogP contribution in [-0.2, 0) is 0 Å². The van der Waals surface area contributed by atoms with Crippen molar-refractivity contribution in [3.05, 3.63) is 0 Å². The van der Waals surface area contributed by atoms with Crippen molar-refractivity contribution in [3.8, 4) is 0 Å². The maximum atomic E-state index is 3.67. The van der Waals surface area contributed by atoms with Gasteiger partial charge in [0, 0.05) is 37.8 Å². The first-order valence-electron chi connectivity index (χ1n) is 7.30. The fourth-order valence-corrected chi connectivity index (χ4v) is 3.21. The third-order valence-electron chi connectivity index (χ3n) is 4.72. The van der Waals surface area contributed by atoms with Crippen LogP contribution in [0.15, 0.2) is 0 Å². The first-order chi connectivity index (χ1) is 8.13. The van der Waals surface area contributed by atoms with E-state index in [1.54, 1.807) is 0 Å². The Labute approximate surface area is 107 Å². The van der Waals surface area contributed by atoms with Crippen LogP contribution < -0.4 is 5.32 Å². The highest BCUT2D eigenvalue weighted by atomic mass is 15.3. The summed E-state index contributed by atoms with van der Waals surface area (Å²) in [5.41, 5.74) is 0.339. The van der Waals surface area contributed by atoms with E-state index in [0.717, 1.165) is 12.6 Å². The van der Waals surface area contributed by atoms with E-state index in [1.165, 1.54) is 51.9 Å². The number of piperidine rings is 1. The van der Waals surface area contributed by atoms with Crippen LogP contribution in [-0.4, -0.2) is 61.2 Å². The molecule has 2 rings (SSSR count). The number of likely N-dealkylation sites (tertiary alicyclic amines) is 1. The molecule has 2 fully saturated rings. The number of nitrogens with zero attached hydrogens (tertiary/aromatic N) is 2. The van der Waals surface area contributed by atoms with E-state index in [4.69, 9.17) is 0 Å². The average Bonchev–Trinajstić information content (AvgIpc) is 2.32. The highest BCUT2D eigenvalue weighted by Crippen LogP contribution is 2.19. The largest absolute Gasteiger partial charge is 0.309 e. The lowest BCUT2D eigenvalue weighted by molar-refractivity contribution is 0.0848. The van der Waals surface area contributed by atoms with Gasteiger partial charge in [0.05, 0.1) is 0 Å². The standard InChI is InChI=1S/C14H29N3/c1-4-14(2)12-17(10-8-15-14)11-13-7-5-6-9-16(13)3/h13,15H,4-12H2,1-3H3. The quantitative estimate of drug-likeness (QED) is 0.806. The first kappa shape index (κ1) is 13.3. The second kappa shape index (κ2) is 5.68. The molecule has 2 saturated heterocycles. The van der Waals surface area contributed by atoms with Crippen LogP contribution >= 0.6 is 0 Å². The summed E-state index contributed by atoms with van der Waals surface area (Å²) in [6.45, 7) is 10.8. The molecule has 0 aromatic rings. The Balaban J connectivity index is 1.85. The van der Waals surface area contributed by atoms with Crippen molar-refractivity contribution in [2.75, 3.05) is 39.8 Å². The molecule has 2 aliphatic rings. The van der Waals surface area contributed by atoms with Crippen LogP contribution in [0, 0.1) is 0 Å². The third kappa shape index (κ3) is 3.43. The highest BCUT2D eigenvalue weighted by molar-refractivity contribution is 4.91. The zero-order valence-electron chi connectivity index (χ0n) is 11.8. The maximum Gasteiger partial charge on any atom is 0.0278 e. The predicted octanol–water partition coefficient (Wildman–Crippen LogP) is 1.54. The molecule has 0 radical (unpaired) electrons. The van der Waals surface area contributed by atoms with Gasteiger partial charge >= 0.3 is 0 Å². The lowest BCUT2D eigenvalue weighted by Crippen LogP contribution is -2.60. The molecule has 1 N–H and O–H groups in total. The fourth-order valence-electron chi connectivity index (χ4n) is 3.21. The molecule has 17 heavy (non-hydrogen) atoms. The van der Waals surface area contributed by atoms with Crippen molar-refractivity contribution < 1.29 is 0 Å². The molecule has 0 aromatic carbocycles. The lowest BCUT2D eigenvalue weighted by atomic mass is 9.94. The Morgan fingerprint density at radius 2 is 2.12 bits per heavy atom. The van der Waals surface area contributed by atoms with Crippen LogP contribution in [0.4, 0.5) is 0 Å². The van der Waals surface area contributed by atoms with E-state index < -0.39 is 0 Å². The third-order valence-corrected chi connectivity index (χ3v) is 4.72. The van der Waals surface area contributed by atoms with Gasteiger partial charge in [-0.3, -0.25) is 4.90 Å². The minimum Gasteiger partial charge on any atom is -0.309 e. The second-order valence-electron chi connectivity index (χ2n) is 6.21. The van der Waals surface area contributed by atoms with E-state index in [2.05, 4.69) is 36.0 Å². The molecule has 0 bridgehead atoms. The summed E-state index contributed by atoms with van der Waals surface area (Å²) in [4.78, 5) is 5.24. The van der Waals surface area contributed by atoms with Crippen LogP contribution in [0.3, 0.4) is 0 Å². The molecule has 2 atom stereocenters. The highest BCUT2D eigenvalue weighted by Gasteiger charge is 2.30. The molecular formula is C14H29N3. The monoisotopic (exact) mass is 239 g/mol. The van der Waals surface area contributed by atoms with E-state index in [1.807, 2.05) is 0 Å². The van der Waals surface area contributed by atoms with Crippen molar-refractivity contribution in [2.24, 2.45) is 0 Å². The summed E-state index contributed by atoms with van der Waals surface area (Å²) < 4.78 is 0. The summed E-state index contributed by atoms with van der Waals surface area (Å²) in [5, 5.41) is 3.67. The van der Waals surface area contributed by atoms with Crippen molar-refractivity contribution in [1.82, 2.24) is 15.1 Å². The predicted molar refractivity (Wildman–Crippen MR) is 73.4 cm³/mol. The van der Waals surface area contributed by atoms with E-state index >= 15 is 0 Å². The molecule has 2 aliphatic heterocycles. The van der Waals surface area contributed by atoms with Crippen LogP contribution in [0.1, 0.15) is 39.5 Å². The number of rotatable bonds is 3. The molecule has 0 aromatic heterocycles. The SMILES string of the molecule is CCC1(C)CN(CC2CCCCN2C)CCN1. The van der Waals surface area contributed by atoms with Gasteiger partial charge in [0.2, 0.25) is 0 Å². The van der Waals surface area contributed by atoms with Crippen LogP contribution in [0.25, 0.3) is 0 Å². The zero-order valence-corrected chi connectivity index (χ0v) is 11.8. The Hall–Kier alpha value is -0.120. The van der Waals surface area contributed by atoms with Gasteiger partial charge in [0.15, 0.2) is 0 Å². The molecule has 0 amide bonds. The van der Waals surface area contributed by atoms with E-state index in [0.29, 0.717) is 5.54 Å². The van der Waals surface area contributed by atoms with E-state index in [-0.39, 0.29) is 0 Å². The van der Waals surface area contributed by atoms with Crippen molar-refractivity contribution in [1.29, 1.82) is 0 Å². The molecule has 0 spiro atoms. The lowest BCUT2D eigenvalue weighted by Gasteiger charge is -2.44. The molecule has 3 heteroatoms. The normalized spacial score (nSPS) is 37.2. The molecule has 2 unspecified atom stereocenters. The average molecular weight is 239 g/mol. The number of piperazine rings is 1. The summed E-state index contributed by atoms with van der Waals surface area (Å²) in [6, 6.07) is 0.794. The number of nitrogens with one attached hydrogen (secondary N) is 1. The van der Waals surface area contributed by atoms with Gasteiger partial charge in [-0.25, -0.2) is 0 Å². The van der Waals surface area contributed by atoms with Gasteiger partial charge < -0.3 is 10.2 Å². The zero-order chi connectivity index (χ0) is 12.3. The molecule has 100 valence electrons. The van der Waals surface area contributed by atoms with Gasteiger partial charge in [0.1, 0.15) is 0 Å². The van der Waals surface area contributed by atoms with Gasteiger partial charge in [-0.1, -0.05) is 13.3 Å². The minimum atomic E-state index is 0.339. The van der Waals surface area contributed by atoms with Crippen molar-refractivity contribution >= 4 is 0 Å². The smallest absolute Gasteiger partial charge is 0.0278 e. The molecule has 3 nitrogen and oxygen atoms in total. The molecule has 0 saturated carbocycles. The summed E-state index contributed by atoms with van der Waals surface area (Å²) in [6.07, 6.45) is 5.43. The number of hydrogen-bond acceptors (Lipinski definition) is 3.